The van der Waals surface area contributed by atoms with Gasteiger partial charge in [0.05, 0.1) is 0 Å². The van der Waals surface area contributed by atoms with Crippen molar-refractivity contribution in [2.24, 2.45) is 5.92 Å². The molecule has 8 nitrogen and oxygen atoms in total. The maximum atomic E-state index is 13.3. The molecule has 3 rings (SSSR count). The average Bonchev–Trinajstić information content (AvgIpc) is 2.91. The molecule has 3 amide bonds. The second-order valence-corrected chi connectivity index (χ2v) is 10.7. The van der Waals surface area contributed by atoms with Gasteiger partial charge in [0, 0.05) is 49.4 Å². The molecule has 2 aromatic carbocycles. The van der Waals surface area contributed by atoms with Crippen molar-refractivity contribution in [1.82, 2.24) is 15.5 Å². The van der Waals surface area contributed by atoms with E-state index >= 15 is 0 Å². The van der Waals surface area contributed by atoms with Gasteiger partial charge in [-0.15, -0.1) is 0 Å². The fourth-order valence-corrected chi connectivity index (χ4v) is 5.28. The number of hydrogen-bond acceptors (Lipinski definition) is 5. The van der Waals surface area contributed by atoms with Crippen LogP contribution in [0.3, 0.4) is 0 Å². The highest BCUT2D eigenvalue weighted by atomic mass is 19.1. The number of carbonyl (C=O) groups is 4. The van der Waals surface area contributed by atoms with E-state index in [-0.39, 0.29) is 29.3 Å². The molecule has 1 heterocycles. The Kier molecular flexibility index (Phi) is 11.8. The third kappa shape index (κ3) is 10.2. The number of nitrogens with zero attached hydrogens (tertiary/aromatic N) is 1. The van der Waals surface area contributed by atoms with Crippen LogP contribution in [0, 0.1) is 11.7 Å². The highest BCUT2D eigenvalue weighted by molar-refractivity contribution is 6.02. The summed E-state index contributed by atoms with van der Waals surface area (Å²) in [7, 11) is 0. The molecule has 3 N–H and O–H groups in total. The summed E-state index contributed by atoms with van der Waals surface area (Å²) in [5, 5.41) is 8.48. The predicted molar refractivity (Wildman–Crippen MR) is 154 cm³/mol. The summed E-state index contributed by atoms with van der Waals surface area (Å²) in [6.45, 7) is 7.35. The number of halogens is 1. The van der Waals surface area contributed by atoms with Crippen LogP contribution in [-0.2, 0) is 11.2 Å². The van der Waals surface area contributed by atoms with Crippen LogP contribution in [0.15, 0.2) is 42.5 Å². The first-order valence-electron chi connectivity index (χ1n) is 14.1. The number of benzene rings is 2. The molecule has 2 atom stereocenters. The zero-order valence-electron chi connectivity index (χ0n) is 23.7. The Bertz CT molecular complexity index is 1150. The lowest BCUT2D eigenvalue weighted by Gasteiger charge is -2.40. The van der Waals surface area contributed by atoms with Crippen LogP contribution in [0.25, 0.3) is 0 Å². The monoisotopic (exact) mass is 552 g/mol. The predicted octanol–water partition coefficient (Wildman–Crippen LogP) is 4.98. The molecule has 0 saturated carbocycles. The zero-order chi connectivity index (χ0) is 29.1. The summed E-state index contributed by atoms with van der Waals surface area (Å²) in [4.78, 5) is 49.9. The number of Topliss-reactive ketones (excluding diaryl/α,β-unsaturated/α-hetero) is 2. The SMILES string of the molecule is CC(=O)NCCCN1CCC(Cc2ccc(F)cc2)CC1CCCNC(=O)Nc1cc(C(C)=O)cc(C(C)=O)c1. The van der Waals surface area contributed by atoms with Crippen molar-refractivity contribution >= 4 is 29.2 Å². The molecule has 216 valence electrons. The largest absolute Gasteiger partial charge is 0.356 e. The van der Waals surface area contributed by atoms with Crippen molar-refractivity contribution in [3.63, 3.8) is 0 Å². The number of rotatable bonds is 13. The fraction of sp³-hybridized carbons (Fsp3) is 0.484. The van der Waals surface area contributed by atoms with E-state index in [0.29, 0.717) is 41.9 Å². The molecule has 1 saturated heterocycles. The lowest BCUT2D eigenvalue weighted by atomic mass is 9.84. The Balaban J connectivity index is 1.52. The van der Waals surface area contributed by atoms with Crippen molar-refractivity contribution in [2.45, 2.75) is 65.3 Å². The van der Waals surface area contributed by atoms with Gasteiger partial charge in [0.25, 0.3) is 0 Å². The van der Waals surface area contributed by atoms with Crippen LogP contribution in [0.5, 0.6) is 0 Å². The number of amides is 3. The van der Waals surface area contributed by atoms with Gasteiger partial charge in [-0.3, -0.25) is 14.4 Å². The number of anilines is 1. The summed E-state index contributed by atoms with van der Waals surface area (Å²) in [6, 6.07) is 11.4. The molecule has 0 spiro atoms. The van der Waals surface area contributed by atoms with Crippen LogP contribution in [0.4, 0.5) is 14.9 Å². The Morgan fingerprint density at radius 2 is 1.55 bits per heavy atom. The second kappa shape index (κ2) is 15.3. The fourth-order valence-electron chi connectivity index (χ4n) is 5.28. The maximum Gasteiger partial charge on any atom is 0.319 e. The average molecular weight is 553 g/mol. The van der Waals surface area contributed by atoms with Crippen LogP contribution >= 0.6 is 0 Å². The summed E-state index contributed by atoms with van der Waals surface area (Å²) < 4.78 is 13.3. The summed E-state index contributed by atoms with van der Waals surface area (Å²) in [6.07, 6.45) is 5.58. The van der Waals surface area contributed by atoms with Crippen molar-refractivity contribution < 1.29 is 23.6 Å². The molecule has 9 heteroatoms. The molecule has 0 aliphatic carbocycles. The standard InChI is InChI=1S/C31H41FN4O4/c1-21(37)26-18-27(22(2)38)20-29(19-26)35-31(40)34-12-4-6-30-17-25(16-24-7-9-28(32)10-8-24)11-15-36(30)14-5-13-33-23(3)39/h7-10,18-20,25,30H,4-6,11-17H2,1-3H3,(H,33,39)(H2,34,35,40). The number of ketones is 2. The first kappa shape index (κ1) is 30.9. The van der Waals surface area contributed by atoms with Crippen molar-refractivity contribution in [1.29, 1.82) is 0 Å². The lowest BCUT2D eigenvalue weighted by molar-refractivity contribution is -0.118. The Morgan fingerprint density at radius 1 is 0.900 bits per heavy atom. The third-order valence-corrected chi connectivity index (χ3v) is 7.38. The van der Waals surface area contributed by atoms with Gasteiger partial charge in [-0.05, 0) is 101 Å². The van der Waals surface area contributed by atoms with E-state index in [9.17, 15) is 23.6 Å². The van der Waals surface area contributed by atoms with Gasteiger partial charge in [0.1, 0.15) is 5.82 Å². The zero-order valence-corrected chi connectivity index (χ0v) is 23.7. The van der Waals surface area contributed by atoms with Crippen LogP contribution < -0.4 is 16.0 Å². The number of piperidine rings is 1. The molecular weight excluding hydrogens is 511 g/mol. The smallest absolute Gasteiger partial charge is 0.319 e. The highest BCUT2D eigenvalue weighted by Gasteiger charge is 2.28. The normalized spacial score (nSPS) is 17.2. The van der Waals surface area contributed by atoms with Gasteiger partial charge in [-0.1, -0.05) is 12.1 Å². The Hall–Kier alpha value is -3.59. The highest BCUT2D eigenvalue weighted by Crippen LogP contribution is 2.29. The van der Waals surface area contributed by atoms with E-state index < -0.39 is 0 Å². The summed E-state index contributed by atoms with van der Waals surface area (Å²) >= 11 is 0. The first-order chi connectivity index (χ1) is 19.1. The Labute approximate surface area is 236 Å². The van der Waals surface area contributed by atoms with Gasteiger partial charge in [0.15, 0.2) is 11.6 Å². The number of likely N-dealkylation sites (tertiary alicyclic amines) is 1. The molecule has 2 aromatic rings. The molecule has 0 aromatic heterocycles. The van der Waals surface area contributed by atoms with E-state index in [1.165, 1.54) is 39.0 Å². The molecule has 40 heavy (non-hydrogen) atoms. The minimum absolute atomic E-state index is 0.0237. The van der Waals surface area contributed by atoms with Gasteiger partial charge < -0.3 is 20.9 Å². The number of hydrogen-bond donors (Lipinski definition) is 3. The molecule has 1 fully saturated rings. The van der Waals surface area contributed by atoms with Crippen LogP contribution in [-0.4, -0.2) is 60.6 Å². The minimum atomic E-state index is -0.389. The second-order valence-electron chi connectivity index (χ2n) is 10.7. The summed E-state index contributed by atoms with van der Waals surface area (Å²) in [5.74, 6) is -0.110. The molecule has 0 bridgehead atoms. The van der Waals surface area contributed by atoms with Gasteiger partial charge in [-0.2, -0.15) is 0 Å². The quantitative estimate of drug-likeness (QED) is 0.240. The molecule has 1 aliphatic rings. The first-order valence-corrected chi connectivity index (χ1v) is 14.1. The van der Waals surface area contributed by atoms with Crippen molar-refractivity contribution in [2.75, 3.05) is 31.5 Å². The number of nitrogens with one attached hydrogen (secondary N) is 3. The van der Waals surface area contributed by atoms with Crippen molar-refractivity contribution in [3.05, 3.63) is 65.0 Å². The van der Waals surface area contributed by atoms with Crippen molar-refractivity contribution in [3.8, 4) is 0 Å². The van der Waals surface area contributed by atoms with Crippen LogP contribution in [0.2, 0.25) is 0 Å². The molecule has 0 radical (unpaired) electrons. The lowest BCUT2D eigenvalue weighted by Crippen LogP contribution is -2.44. The molecule has 1 aliphatic heterocycles. The summed E-state index contributed by atoms with van der Waals surface area (Å²) in [5.41, 5.74) is 2.28. The molecule has 2 unspecified atom stereocenters. The van der Waals surface area contributed by atoms with Gasteiger partial charge in [-0.25, -0.2) is 9.18 Å². The van der Waals surface area contributed by atoms with E-state index in [0.717, 1.165) is 57.2 Å². The molecular formula is C31H41FN4O4. The van der Waals surface area contributed by atoms with E-state index in [1.54, 1.807) is 12.1 Å². The minimum Gasteiger partial charge on any atom is -0.356 e. The van der Waals surface area contributed by atoms with E-state index in [1.807, 2.05) is 12.1 Å². The van der Waals surface area contributed by atoms with E-state index in [4.69, 9.17) is 0 Å². The van der Waals surface area contributed by atoms with E-state index in [2.05, 4.69) is 20.9 Å². The third-order valence-electron chi connectivity index (χ3n) is 7.38. The number of urea groups is 1. The van der Waals surface area contributed by atoms with Gasteiger partial charge in [0.2, 0.25) is 5.91 Å². The Morgan fingerprint density at radius 3 is 2.17 bits per heavy atom. The van der Waals surface area contributed by atoms with Gasteiger partial charge >= 0.3 is 6.03 Å². The topological polar surface area (TPSA) is 108 Å². The number of carbonyl (C=O) groups excluding carboxylic acids is 4. The van der Waals surface area contributed by atoms with Crippen LogP contribution in [0.1, 0.15) is 79.2 Å². The maximum absolute atomic E-state index is 13.3.